The van der Waals surface area contributed by atoms with E-state index in [4.69, 9.17) is 24.4 Å². The number of furan rings is 1. The van der Waals surface area contributed by atoms with Crippen LogP contribution in [0.2, 0.25) is 0 Å². The zero-order valence-corrected chi connectivity index (χ0v) is 24.4. The molecule has 0 aliphatic heterocycles. The van der Waals surface area contributed by atoms with Crippen LogP contribution in [0.25, 0.3) is 94.1 Å². The summed E-state index contributed by atoms with van der Waals surface area (Å²) in [6.07, 6.45) is 1.76. The molecule has 6 nitrogen and oxygen atoms in total. The third-order valence-electron chi connectivity index (χ3n) is 8.89. The van der Waals surface area contributed by atoms with Gasteiger partial charge in [0.2, 0.25) is 5.95 Å². The molecule has 0 saturated carbocycles. The van der Waals surface area contributed by atoms with E-state index in [0.29, 0.717) is 23.3 Å². The lowest BCUT2D eigenvalue weighted by Gasteiger charge is -2.11. The highest BCUT2D eigenvalue weighted by Gasteiger charge is 2.22. The Morgan fingerprint density at radius 3 is 2.11 bits per heavy atom. The van der Waals surface area contributed by atoms with Gasteiger partial charge in [0.05, 0.1) is 16.4 Å². The third kappa shape index (κ3) is 3.64. The van der Waals surface area contributed by atoms with Crippen molar-refractivity contribution >= 4 is 65.3 Å². The second-order valence-electron chi connectivity index (χ2n) is 11.5. The first-order valence-electron chi connectivity index (χ1n) is 15.2. The van der Waals surface area contributed by atoms with Gasteiger partial charge >= 0.3 is 0 Å². The Bertz CT molecular complexity index is 2830. The largest absolute Gasteiger partial charge is 0.456 e. The number of pyridine rings is 1. The van der Waals surface area contributed by atoms with Crippen LogP contribution >= 0.6 is 0 Å². The van der Waals surface area contributed by atoms with Gasteiger partial charge in [-0.1, -0.05) is 103 Å². The lowest BCUT2D eigenvalue weighted by atomic mass is 10.0. The van der Waals surface area contributed by atoms with Crippen LogP contribution in [0.4, 0.5) is 0 Å². The highest BCUT2D eigenvalue weighted by molar-refractivity contribution is 6.21. The van der Waals surface area contributed by atoms with Crippen molar-refractivity contribution in [2.45, 2.75) is 0 Å². The van der Waals surface area contributed by atoms with Crippen LogP contribution < -0.4 is 0 Å². The van der Waals surface area contributed by atoms with E-state index in [1.165, 1.54) is 16.2 Å². The van der Waals surface area contributed by atoms with Crippen molar-refractivity contribution in [3.05, 3.63) is 140 Å². The Kier molecular flexibility index (Phi) is 5.19. The predicted molar refractivity (Wildman–Crippen MR) is 185 cm³/mol. The smallest absolute Gasteiger partial charge is 0.238 e. The Hall–Kier alpha value is -6.40. The molecule has 0 atom stereocenters. The van der Waals surface area contributed by atoms with Gasteiger partial charge in [-0.15, -0.1) is 0 Å². The molecule has 0 N–H and O–H groups in total. The summed E-state index contributed by atoms with van der Waals surface area (Å²) in [7, 11) is 0. The van der Waals surface area contributed by atoms with Gasteiger partial charge in [0.1, 0.15) is 16.9 Å². The molecule has 0 aliphatic rings. The van der Waals surface area contributed by atoms with E-state index in [2.05, 4.69) is 108 Å². The molecule has 0 fully saturated rings. The van der Waals surface area contributed by atoms with Crippen LogP contribution in [0.15, 0.2) is 144 Å². The molecule has 0 spiro atoms. The van der Waals surface area contributed by atoms with Crippen LogP contribution in [-0.2, 0) is 0 Å². The lowest BCUT2D eigenvalue weighted by Crippen LogP contribution is -2.07. The van der Waals surface area contributed by atoms with Crippen molar-refractivity contribution in [1.82, 2.24) is 24.5 Å². The lowest BCUT2D eigenvalue weighted by molar-refractivity contribution is 0.668. The zero-order chi connectivity index (χ0) is 30.2. The van der Waals surface area contributed by atoms with Crippen molar-refractivity contribution in [1.29, 1.82) is 0 Å². The van der Waals surface area contributed by atoms with Crippen LogP contribution in [0, 0.1) is 0 Å². The van der Waals surface area contributed by atoms with Crippen molar-refractivity contribution in [2.24, 2.45) is 0 Å². The number of benzene rings is 6. The van der Waals surface area contributed by atoms with Crippen molar-refractivity contribution in [3.63, 3.8) is 0 Å². The molecule has 0 radical (unpaired) electrons. The van der Waals surface area contributed by atoms with E-state index >= 15 is 0 Å². The van der Waals surface area contributed by atoms with E-state index in [-0.39, 0.29) is 0 Å². The van der Waals surface area contributed by atoms with Gasteiger partial charge in [0.15, 0.2) is 11.6 Å². The second kappa shape index (κ2) is 9.55. The molecule has 46 heavy (non-hydrogen) atoms. The van der Waals surface area contributed by atoms with E-state index in [0.717, 1.165) is 54.7 Å². The summed E-state index contributed by atoms with van der Waals surface area (Å²) in [6.45, 7) is 0. The first kappa shape index (κ1) is 25.0. The molecule has 0 amide bonds. The van der Waals surface area contributed by atoms with Crippen LogP contribution in [-0.4, -0.2) is 24.5 Å². The van der Waals surface area contributed by atoms with Crippen molar-refractivity contribution < 1.29 is 4.42 Å². The highest BCUT2D eigenvalue weighted by atomic mass is 16.3. The number of para-hydroxylation sites is 2. The second-order valence-corrected chi connectivity index (χ2v) is 11.5. The fourth-order valence-electron chi connectivity index (χ4n) is 6.82. The van der Waals surface area contributed by atoms with Crippen molar-refractivity contribution in [3.8, 4) is 28.9 Å². The molecule has 0 unspecified atom stereocenters. The molecule has 10 aromatic rings. The summed E-state index contributed by atoms with van der Waals surface area (Å²) in [4.78, 5) is 20.3. The Morgan fingerprint density at radius 2 is 1.20 bits per heavy atom. The zero-order valence-electron chi connectivity index (χ0n) is 24.4. The summed E-state index contributed by atoms with van der Waals surface area (Å²) in [5, 5.41) is 8.82. The number of rotatable bonds is 3. The minimum Gasteiger partial charge on any atom is -0.456 e. The molecule has 4 heterocycles. The normalized spacial score (nSPS) is 11.9. The van der Waals surface area contributed by atoms with Crippen LogP contribution in [0.1, 0.15) is 0 Å². The molecule has 0 saturated heterocycles. The number of hydrogen-bond acceptors (Lipinski definition) is 5. The Labute approximate surface area is 262 Å². The first-order valence-corrected chi connectivity index (χ1v) is 15.2. The van der Waals surface area contributed by atoms with Gasteiger partial charge in [-0.3, -0.25) is 9.55 Å². The standard InChI is InChI=1S/C40H23N5O/c1-2-11-26-23-27(18-17-24(26)9-1)38-42-39(37-36-30-14-6-8-16-33(30)46-34(36)21-22-41-37)44-40(43-38)45-31-15-7-5-13-29(31)35-28-12-4-3-10-25(28)19-20-32(35)45/h1-23H. The van der Waals surface area contributed by atoms with Gasteiger partial charge in [0.25, 0.3) is 0 Å². The molecule has 4 aromatic heterocycles. The number of hydrogen-bond donors (Lipinski definition) is 0. The first-order chi connectivity index (χ1) is 22.8. The molecule has 6 heteroatoms. The molecular weight excluding hydrogens is 566 g/mol. The summed E-state index contributed by atoms with van der Waals surface area (Å²) in [5.41, 5.74) is 5.14. The van der Waals surface area contributed by atoms with Gasteiger partial charge in [-0.25, -0.2) is 4.98 Å². The molecule has 10 rings (SSSR count). The van der Waals surface area contributed by atoms with E-state index in [9.17, 15) is 0 Å². The number of fused-ring (bicyclic) bond motifs is 9. The summed E-state index contributed by atoms with van der Waals surface area (Å²) < 4.78 is 8.37. The maximum Gasteiger partial charge on any atom is 0.238 e. The van der Waals surface area contributed by atoms with E-state index < -0.39 is 0 Å². The minimum atomic E-state index is 0.483. The fraction of sp³-hybridized carbons (Fsp3) is 0. The van der Waals surface area contributed by atoms with Gasteiger partial charge in [0, 0.05) is 27.9 Å². The summed E-state index contributed by atoms with van der Waals surface area (Å²) in [6, 6.07) is 45.8. The van der Waals surface area contributed by atoms with Crippen LogP contribution in [0.3, 0.4) is 0 Å². The topological polar surface area (TPSA) is 69.6 Å². The maximum absolute atomic E-state index is 6.22. The van der Waals surface area contributed by atoms with Crippen molar-refractivity contribution in [2.75, 3.05) is 0 Å². The molecule has 0 bridgehead atoms. The molecule has 6 aromatic carbocycles. The quantitative estimate of drug-likeness (QED) is 0.205. The third-order valence-corrected chi connectivity index (χ3v) is 8.89. The van der Waals surface area contributed by atoms with E-state index in [1.807, 2.05) is 30.3 Å². The average molecular weight is 590 g/mol. The van der Waals surface area contributed by atoms with Crippen LogP contribution in [0.5, 0.6) is 0 Å². The maximum atomic E-state index is 6.22. The molecular formula is C40H23N5O. The molecule has 214 valence electrons. The monoisotopic (exact) mass is 589 g/mol. The van der Waals surface area contributed by atoms with Gasteiger partial charge in [-0.2, -0.15) is 9.97 Å². The Balaban J connectivity index is 1.32. The van der Waals surface area contributed by atoms with Gasteiger partial charge in [-0.05, 0) is 51.9 Å². The highest BCUT2D eigenvalue weighted by Crippen LogP contribution is 2.38. The predicted octanol–water partition coefficient (Wildman–Crippen LogP) is 9.90. The van der Waals surface area contributed by atoms with E-state index in [1.54, 1.807) is 6.20 Å². The molecule has 0 aliphatic carbocycles. The average Bonchev–Trinajstić information content (AvgIpc) is 3.67. The number of nitrogens with zero attached hydrogens (tertiary/aromatic N) is 5. The summed E-state index contributed by atoms with van der Waals surface area (Å²) >= 11 is 0. The Morgan fingerprint density at radius 1 is 0.478 bits per heavy atom. The van der Waals surface area contributed by atoms with Gasteiger partial charge < -0.3 is 4.42 Å². The summed E-state index contributed by atoms with van der Waals surface area (Å²) in [5.74, 6) is 1.59. The SMILES string of the molecule is c1ccc2cc(-c3nc(-c4nccc5oc6ccccc6c45)nc(-n4c5ccccc5c5c6ccccc6ccc54)n3)ccc2c1. The number of aromatic nitrogens is 5. The fourth-order valence-corrected chi connectivity index (χ4v) is 6.82. The minimum absolute atomic E-state index is 0.483.